The maximum absolute atomic E-state index is 5.80. The van der Waals surface area contributed by atoms with Crippen LogP contribution in [-0.2, 0) is 9.47 Å². The van der Waals surface area contributed by atoms with Gasteiger partial charge in [-0.15, -0.1) is 0 Å². The Hall–Kier alpha value is -0.0800. The molecule has 1 heterocycles. The van der Waals surface area contributed by atoms with Crippen LogP contribution in [0, 0.1) is 5.41 Å². The van der Waals surface area contributed by atoms with Crippen molar-refractivity contribution in [1.29, 1.82) is 0 Å². The second kappa shape index (κ2) is 9.80. The Morgan fingerprint density at radius 1 is 0.889 bits per heavy atom. The molecule has 0 aromatic heterocycles. The zero-order chi connectivity index (χ0) is 13.1. The quantitative estimate of drug-likeness (QED) is 0.476. The minimum Gasteiger partial charge on any atom is -0.381 e. The number of rotatable bonds is 12. The first-order chi connectivity index (χ1) is 8.83. The van der Waals surface area contributed by atoms with Crippen LogP contribution in [0.3, 0.4) is 0 Å². The summed E-state index contributed by atoms with van der Waals surface area (Å²) in [5, 5.41) is 0. The molecule has 2 heteroatoms. The third-order valence-electron chi connectivity index (χ3n) is 4.12. The van der Waals surface area contributed by atoms with E-state index in [0.717, 1.165) is 26.4 Å². The summed E-state index contributed by atoms with van der Waals surface area (Å²) in [5.41, 5.74) is 0.361. The number of hydrogen-bond donors (Lipinski definition) is 0. The van der Waals surface area contributed by atoms with Crippen LogP contribution in [0.15, 0.2) is 0 Å². The Balaban J connectivity index is 1.78. The van der Waals surface area contributed by atoms with Crippen molar-refractivity contribution in [1.82, 2.24) is 0 Å². The van der Waals surface area contributed by atoms with Gasteiger partial charge in [0.1, 0.15) is 0 Å². The standard InChI is InChI=1S/C16H32O2/c1-3-5-6-7-8-9-10-11-12-17-13-16(4-2)14-18-15-16/h3-15H2,1-2H3. The summed E-state index contributed by atoms with van der Waals surface area (Å²) in [6.45, 7) is 8.16. The summed E-state index contributed by atoms with van der Waals surface area (Å²) >= 11 is 0. The molecule has 18 heavy (non-hydrogen) atoms. The minimum absolute atomic E-state index is 0.361. The van der Waals surface area contributed by atoms with Gasteiger partial charge in [0.25, 0.3) is 0 Å². The monoisotopic (exact) mass is 256 g/mol. The molecule has 0 amide bonds. The van der Waals surface area contributed by atoms with Crippen molar-refractivity contribution in [3.8, 4) is 0 Å². The summed E-state index contributed by atoms with van der Waals surface area (Å²) in [7, 11) is 0. The molecule has 0 aromatic rings. The lowest BCUT2D eigenvalue weighted by Crippen LogP contribution is -2.45. The first kappa shape index (κ1) is 16.0. The second-order valence-electron chi connectivity index (χ2n) is 5.87. The van der Waals surface area contributed by atoms with Gasteiger partial charge in [-0.25, -0.2) is 0 Å². The molecule has 0 N–H and O–H groups in total. The van der Waals surface area contributed by atoms with Gasteiger partial charge >= 0.3 is 0 Å². The Labute approximate surface area is 113 Å². The maximum Gasteiger partial charge on any atom is 0.0566 e. The van der Waals surface area contributed by atoms with Crippen LogP contribution in [0.1, 0.15) is 71.6 Å². The third-order valence-corrected chi connectivity index (χ3v) is 4.12. The summed E-state index contributed by atoms with van der Waals surface area (Å²) in [4.78, 5) is 0. The fourth-order valence-electron chi connectivity index (χ4n) is 2.41. The van der Waals surface area contributed by atoms with E-state index in [1.54, 1.807) is 0 Å². The zero-order valence-electron chi connectivity index (χ0n) is 12.5. The molecular weight excluding hydrogens is 224 g/mol. The van der Waals surface area contributed by atoms with Gasteiger partial charge in [-0.3, -0.25) is 0 Å². The molecule has 2 nitrogen and oxygen atoms in total. The Morgan fingerprint density at radius 2 is 1.50 bits per heavy atom. The average Bonchev–Trinajstić information content (AvgIpc) is 2.34. The van der Waals surface area contributed by atoms with Crippen LogP contribution in [0.2, 0.25) is 0 Å². The van der Waals surface area contributed by atoms with E-state index < -0.39 is 0 Å². The molecule has 0 aromatic carbocycles. The van der Waals surface area contributed by atoms with Gasteiger partial charge in [0.2, 0.25) is 0 Å². The van der Waals surface area contributed by atoms with Gasteiger partial charge in [-0.2, -0.15) is 0 Å². The van der Waals surface area contributed by atoms with Crippen LogP contribution in [0.4, 0.5) is 0 Å². The smallest absolute Gasteiger partial charge is 0.0566 e. The summed E-state index contributed by atoms with van der Waals surface area (Å²) < 4.78 is 11.1. The zero-order valence-corrected chi connectivity index (χ0v) is 12.5. The van der Waals surface area contributed by atoms with E-state index in [0.29, 0.717) is 5.41 Å². The molecule has 108 valence electrons. The van der Waals surface area contributed by atoms with Gasteiger partial charge < -0.3 is 9.47 Å². The topological polar surface area (TPSA) is 18.5 Å². The van der Waals surface area contributed by atoms with E-state index in [-0.39, 0.29) is 0 Å². The van der Waals surface area contributed by atoms with E-state index in [4.69, 9.17) is 9.47 Å². The molecule has 1 fully saturated rings. The highest BCUT2D eigenvalue weighted by Crippen LogP contribution is 2.31. The molecule has 0 unspecified atom stereocenters. The van der Waals surface area contributed by atoms with Crippen molar-refractivity contribution < 1.29 is 9.47 Å². The van der Waals surface area contributed by atoms with Crippen LogP contribution in [-0.4, -0.2) is 26.4 Å². The van der Waals surface area contributed by atoms with Crippen LogP contribution in [0.5, 0.6) is 0 Å². The van der Waals surface area contributed by atoms with E-state index in [1.807, 2.05) is 0 Å². The van der Waals surface area contributed by atoms with Crippen molar-refractivity contribution in [2.75, 3.05) is 26.4 Å². The average molecular weight is 256 g/mol. The van der Waals surface area contributed by atoms with Crippen LogP contribution < -0.4 is 0 Å². The SMILES string of the molecule is CCCCCCCCCCOCC1(CC)COC1. The normalized spacial score (nSPS) is 17.7. The highest BCUT2D eigenvalue weighted by molar-refractivity contribution is 4.83. The number of hydrogen-bond acceptors (Lipinski definition) is 2. The fraction of sp³-hybridized carbons (Fsp3) is 1.00. The lowest BCUT2D eigenvalue weighted by molar-refractivity contribution is -0.150. The molecular formula is C16H32O2. The fourth-order valence-corrected chi connectivity index (χ4v) is 2.41. The molecule has 0 saturated carbocycles. The van der Waals surface area contributed by atoms with Crippen molar-refractivity contribution in [2.45, 2.75) is 71.6 Å². The predicted octanol–water partition coefficient (Wildman–Crippen LogP) is 4.57. The molecule has 0 bridgehead atoms. The Bertz CT molecular complexity index is 182. The molecule has 1 aliphatic rings. The minimum atomic E-state index is 0.361. The highest BCUT2D eigenvalue weighted by atomic mass is 16.5. The maximum atomic E-state index is 5.80. The van der Waals surface area contributed by atoms with Gasteiger partial charge in [0.05, 0.1) is 19.8 Å². The van der Waals surface area contributed by atoms with Gasteiger partial charge in [-0.1, -0.05) is 58.8 Å². The largest absolute Gasteiger partial charge is 0.381 e. The van der Waals surface area contributed by atoms with Gasteiger partial charge in [0.15, 0.2) is 0 Å². The molecule has 0 radical (unpaired) electrons. The predicted molar refractivity (Wildman–Crippen MR) is 77.0 cm³/mol. The van der Waals surface area contributed by atoms with Gasteiger partial charge in [0, 0.05) is 12.0 Å². The summed E-state index contributed by atoms with van der Waals surface area (Å²) in [6.07, 6.45) is 12.1. The lowest BCUT2D eigenvalue weighted by Gasteiger charge is -2.40. The van der Waals surface area contributed by atoms with Crippen LogP contribution in [0.25, 0.3) is 0 Å². The van der Waals surface area contributed by atoms with Gasteiger partial charge in [-0.05, 0) is 12.8 Å². The number of ether oxygens (including phenoxy) is 2. The Kier molecular flexibility index (Phi) is 8.70. The van der Waals surface area contributed by atoms with E-state index in [9.17, 15) is 0 Å². The molecule has 1 aliphatic heterocycles. The lowest BCUT2D eigenvalue weighted by atomic mass is 9.84. The molecule has 1 rings (SSSR count). The first-order valence-electron chi connectivity index (χ1n) is 7.98. The second-order valence-corrected chi connectivity index (χ2v) is 5.87. The van der Waals surface area contributed by atoms with Crippen LogP contribution >= 0.6 is 0 Å². The Morgan fingerprint density at radius 3 is 2.00 bits per heavy atom. The summed E-state index contributed by atoms with van der Waals surface area (Å²) in [5.74, 6) is 0. The summed E-state index contributed by atoms with van der Waals surface area (Å²) in [6, 6.07) is 0. The molecule has 1 saturated heterocycles. The highest BCUT2D eigenvalue weighted by Gasteiger charge is 2.36. The van der Waals surface area contributed by atoms with E-state index in [2.05, 4.69) is 13.8 Å². The van der Waals surface area contributed by atoms with Crippen molar-refractivity contribution in [2.24, 2.45) is 5.41 Å². The van der Waals surface area contributed by atoms with Crippen molar-refractivity contribution in [3.05, 3.63) is 0 Å². The third kappa shape index (κ3) is 6.19. The van der Waals surface area contributed by atoms with Crippen molar-refractivity contribution >= 4 is 0 Å². The van der Waals surface area contributed by atoms with E-state index >= 15 is 0 Å². The number of unbranched alkanes of at least 4 members (excludes halogenated alkanes) is 7. The van der Waals surface area contributed by atoms with Crippen molar-refractivity contribution in [3.63, 3.8) is 0 Å². The molecule has 0 atom stereocenters. The molecule has 0 spiro atoms. The first-order valence-corrected chi connectivity index (χ1v) is 7.98. The van der Waals surface area contributed by atoms with E-state index in [1.165, 1.54) is 57.8 Å². The molecule has 0 aliphatic carbocycles.